The monoisotopic (exact) mass is 359 g/mol. The van der Waals surface area contributed by atoms with E-state index in [9.17, 15) is 9.59 Å². The number of nitrogens with one attached hydrogen (secondary N) is 1. The van der Waals surface area contributed by atoms with Gasteiger partial charge in [-0.05, 0) is 32.6 Å². The number of nitrogens with zero attached hydrogens (tertiary/aromatic N) is 2. The first kappa shape index (κ1) is 17.4. The quantitative estimate of drug-likeness (QED) is 0.808. The maximum absolute atomic E-state index is 13.2. The van der Waals surface area contributed by atoms with Crippen LogP contribution >= 0.6 is 0 Å². The maximum atomic E-state index is 13.2. The van der Waals surface area contributed by atoms with Crippen LogP contribution in [0.2, 0.25) is 0 Å². The minimum Gasteiger partial charge on any atom is -0.380 e. The van der Waals surface area contributed by atoms with Gasteiger partial charge in [-0.2, -0.15) is 0 Å². The summed E-state index contributed by atoms with van der Waals surface area (Å²) < 4.78 is 11.4. The molecule has 0 bridgehead atoms. The van der Waals surface area contributed by atoms with E-state index in [-0.39, 0.29) is 28.5 Å². The highest BCUT2D eigenvalue weighted by Crippen LogP contribution is 2.48. The number of aromatic nitrogens is 2. The summed E-state index contributed by atoms with van der Waals surface area (Å²) in [4.78, 5) is 34.1. The van der Waals surface area contributed by atoms with E-state index in [4.69, 9.17) is 9.47 Å². The lowest BCUT2D eigenvalue weighted by atomic mass is 9.65. The fourth-order valence-electron chi connectivity index (χ4n) is 4.72. The van der Waals surface area contributed by atoms with Crippen LogP contribution in [0.5, 0.6) is 0 Å². The molecule has 1 aromatic rings. The summed E-state index contributed by atoms with van der Waals surface area (Å²) in [6, 6.07) is 0.0579. The number of carbonyl (C=O) groups is 1. The van der Waals surface area contributed by atoms with Crippen LogP contribution in [0.3, 0.4) is 0 Å². The van der Waals surface area contributed by atoms with Gasteiger partial charge in [0, 0.05) is 30.8 Å². The summed E-state index contributed by atoms with van der Waals surface area (Å²) >= 11 is 0. The number of H-pyrrole nitrogens is 1. The molecule has 3 aliphatic heterocycles. The van der Waals surface area contributed by atoms with Gasteiger partial charge in [-0.3, -0.25) is 9.59 Å². The van der Waals surface area contributed by atoms with E-state index >= 15 is 0 Å². The number of hydrogen-bond acceptors (Lipinski definition) is 5. The van der Waals surface area contributed by atoms with E-state index in [0.29, 0.717) is 32.2 Å². The molecule has 0 aliphatic carbocycles. The average Bonchev–Trinajstić information content (AvgIpc) is 2.67. The number of aromatic amines is 1. The van der Waals surface area contributed by atoms with Gasteiger partial charge in [0.1, 0.15) is 11.4 Å². The molecular weight excluding hydrogens is 334 g/mol. The molecule has 7 heteroatoms. The molecule has 4 rings (SSSR count). The molecule has 3 aliphatic rings. The average molecular weight is 359 g/mol. The molecule has 0 unspecified atom stereocenters. The summed E-state index contributed by atoms with van der Waals surface area (Å²) in [5.74, 6) is 0.292. The normalized spacial score (nSPS) is 29.0. The summed E-state index contributed by atoms with van der Waals surface area (Å²) in [6.07, 6.45) is 7.16. The molecule has 0 radical (unpaired) electrons. The molecule has 0 aromatic carbocycles. The van der Waals surface area contributed by atoms with Crippen molar-refractivity contribution in [2.45, 2.75) is 38.6 Å². The number of rotatable bonds is 2. The Balaban J connectivity index is 1.69. The van der Waals surface area contributed by atoms with Gasteiger partial charge in [-0.15, -0.1) is 0 Å². The van der Waals surface area contributed by atoms with Crippen molar-refractivity contribution in [3.63, 3.8) is 0 Å². The second-order valence-electron chi connectivity index (χ2n) is 7.38. The van der Waals surface area contributed by atoms with Crippen molar-refractivity contribution in [2.75, 3.05) is 33.0 Å². The van der Waals surface area contributed by atoms with Crippen LogP contribution in [0.25, 0.3) is 0 Å². The predicted molar refractivity (Wildman–Crippen MR) is 95.0 cm³/mol. The highest BCUT2D eigenvalue weighted by Gasteiger charge is 2.50. The van der Waals surface area contributed by atoms with E-state index in [0.717, 1.165) is 32.3 Å². The Morgan fingerprint density at radius 2 is 2.27 bits per heavy atom. The third-order valence-electron chi connectivity index (χ3n) is 5.95. The molecule has 1 aromatic heterocycles. The summed E-state index contributed by atoms with van der Waals surface area (Å²) in [5.41, 5.74) is 0.956. The number of hydrogen-bond donors (Lipinski definition) is 1. The highest BCUT2D eigenvalue weighted by atomic mass is 16.5. The van der Waals surface area contributed by atoms with Crippen LogP contribution < -0.4 is 5.56 Å². The second-order valence-corrected chi connectivity index (χ2v) is 7.38. The first-order valence-electron chi connectivity index (χ1n) is 9.34. The van der Waals surface area contributed by atoms with E-state index in [2.05, 4.69) is 16.0 Å². The minimum absolute atomic E-state index is 0.0579. The van der Waals surface area contributed by atoms with Crippen molar-refractivity contribution in [3.8, 4) is 0 Å². The Kier molecular flexibility index (Phi) is 4.67. The second kappa shape index (κ2) is 6.96. The fourth-order valence-corrected chi connectivity index (χ4v) is 4.72. The number of aryl methyl sites for hydroxylation is 1. The molecule has 7 nitrogen and oxygen atoms in total. The van der Waals surface area contributed by atoms with Crippen LogP contribution in [-0.2, 0) is 9.47 Å². The third-order valence-corrected chi connectivity index (χ3v) is 5.95. The number of piperidine rings is 1. The SMILES string of the molecule is Cc1ncc(C(=O)N2CCC[C@@]3(C4=CCOCC4)COCC[C@H]23)c(=O)[nH]1. The Morgan fingerprint density at radius 3 is 3.04 bits per heavy atom. The van der Waals surface area contributed by atoms with Gasteiger partial charge in [0.2, 0.25) is 0 Å². The smallest absolute Gasteiger partial charge is 0.263 e. The topological polar surface area (TPSA) is 84.5 Å². The first-order chi connectivity index (χ1) is 12.6. The Labute approximate surface area is 152 Å². The molecule has 1 amide bonds. The number of ether oxygens (including phenoxy) is 2. The first-order valence-corrected chi connectivity index (χ1v) is 9.34. The molecule has 1 N–H and O–H groups in total. The Hall–Kier alpha value is -1.99. The highest BCUT2D eigenvalue weighted by molar-refractivity contribution is 5.94. The van der Waals surface area contributed by atoms with Crippen LogP contribution in [0, 0.1) is 12.3 Å². The van der Waals surface area contributed by atoms with Gasteiger partial charge in [0.25, 0.3) is 11.5 Å². The molecule has 2 atom stereocenters. The van der Waals surface area contributed by atoms with Gasteiger partial charge >= 0.3 is 0 Å². The molecule has 26 heavy (non-hydrogen) atoms. The van der Waals surface area contributed by atoms with Gasteiger partial charge < -0.3 is 19.4 Å². The molecule has 2 saturated heterocycles. The van der Waals surface area contributed by atoms with Gasteiger partial charge in [-0.1, -0.05) is 11.6 Å². The molecule has 4 heterocycles. The molecule has 140 valence electrons. The van der Waals surface area contributed by atoms with Crippen molar-refractivity contribution in [3.05, 3.63) is 39.6 Å². The number of fused-ring (bicyclic) bond motifs is 1. The number of likely N-dealkylation sites (tertiary alicyclic amines) is 1. The molecule has 2 fully saturated rings. The van der Waals surface area contributed by atoms with E-state index < -0.39 is 0 Å². The predicted octanol–water partition coefficient (Wildman–Crippen LogP) is 1.44. The lowest BCUT2D eigenvalue weighted by Crippen LogP contribution is -2.60. The van der Waals surface area contributed by atoms with Gasteiger partial charge in [0.05, 0.1) is 19.8 Å². The molecular formula is C19H25N3O4. The van der Waals surface area contributed by atoms with Crippen molar-refractivity contribution in [1.82, 2.24) is 14.9 Å². The maximum Gasteiger partial charge on any atom is 0.263 e. The number of amides is 1. The standard InChI is InChI=1S/C19H25N3O4/c1-13-20-11-15(17(23)21-13)18(24)22-7-2-6-19(12-26-10-5-16(19)22)14-3-8-25-9-4-14/h3,11,16H,2,4-10,12H2,1H3,(H,20,21,23)/t16-,19-/m0/s1. The number of carbonyl (C=O) groups excluding carboxylic acids is 1. The van der Waals surface area contributed by atoms with Crippen molar-refractivity contribution < 1.29 is 14.3 Å². The zero-order chi connectivity index (χ0) is 18.1. The van der Waals surface area contributed by atoms with Crippen LogP contribution in [0.4, 0.5) is 0 Å². The minimum atomic E-state index is -0.365. The van der Waals surface area contributed by atoms with Crippen LogP contribution in [0.1, 0.15) is 41.9 Å². The third kappa shape index (κ3) is 2.89. The zero-order valence-corrected chi connectivity index (χ0v) is 15.1. The van der Waals surface area contributed by atoms with Crippen LogP contribution in [-0.4, -0.2) is 59.8 Å². The van der Waals surface area contributed by atoms with Crippen molar-refractivity contribution >= 4 is 5.91 Å². The van der Waals surface area contributed by atoms with Crippen molar-refractivity contribution in [1.29, 1.82) is 0 Å². The van der Waals surface area contributed by atoms with E-state index in [1.54, 1.807) is 6.92 Å². The lowest BCUT2D eigenvalue weighted by Gasteiger charge is -2.54. The largest absolute Gasteiger partial charge is 0.380 e. The molecule has 0 saturated carbocycles. The lowest BCUT2D eigenvalue weighted by molar-refractivity contribution is -0.0739. The fraction of sp³-hybridized carbons (Fsp3) is 0.632. The zero-order valence-electron chi connectivity index (χ0n) is 15.1. The van der Waals surface area contributed by atoms with E-state index in [1.807, 2.05) is 4.90 Å². The van der Waals surface area contributed by atoms with E-state index in [1.165, 1.54) is 11.8 Å². The van der Waals surface area contributed by atoms with Gasteiger partial charge in [-0.25, -0.2) is 4.98 Å². The Morgan fingerprint density at radius 1 is 1.38 bits per heavy atom. The summed E-state index contributed by atoms with van der Waals surface area (Å²) in [5, 5.41) is 0. The van der Waals surface area contributed by atoms with Crippen molar-refractivity contribution in [2.24, 2.45) is 5.41 Å². The summed E-state index contributed by atoms with van der Waals surface area (Å²) in [7, 11) is 0. The Bertz CT molecular complexity index is 783. The molecule has 0 spiro atoms. The van der Waals surface area contributed by atoms with Crippen LogP contribution in [0.15, 0.2) is 22.6 Å². The van der Waals surface area contributed by atoms with Gasteiger partial charge in [0.15, 0.2) is 0 Å². The summed E-state index contributed by atoms with van der Waals surface area (Å²) in [6.45, 7) is 4.99.